The summed E-state index contributed by atoms with van der Waals surface area (Å²) in [7, 11) is -2.41. The number of halogens is 1. The summed E-state index contributed by atoms with van der Waals surface area (Å²) in [6, 6.07) is 9.81. The molecule has 0 aliphatic carbocycles. The molecule has 1 N–H and O–H groups in total. The Morgan fingerprint density at radius 2 is 2.07 bits per heavy atom. The van der Waals surface area contributed by atoms with Gasteiger partial charge >= 0.3 is 0 Å². The van der Waals surface area contributed by atoms with Gasteiger partial charge in [0.1, 0.15) is 5.75 Å². The molecule has 0 spiro atoms. The monoisotopic (exact) mass is 453 g/mol. The number of nitro benzene ring substituents is 1. The van der Waals surface area contributed by atoms with E-state index in [0.717, 1.165) is 0 Å². The van der Waals surface area contributed by atoms with Gasteiger partial charge in [0.2, 0.25) is 15.9 Å². The van der Waals surface area contributed by atoms with Gasteiger partial charge in [-0.15, -0.1) is 0 Å². The maximum Gasteiger partial charge on any atom is 0.271 e. The van der Waals surface area contributed by atoms with E-state index in [0.29, 0.717) is 18.6 Å². The number of ether oxygens (including phenoxy) is 1. The first-order valence-electron chi connectivity index (χ1n) is 9.11. The van der Waals surface area contributed by atoms with E-state index in [1.807, 2.05) is 0 Å². The van der Waals surface area contributed by atoms with Gasteiger partial charge in [-0.3, -0.25) is 14.9 Å². The third-order valence-corrected chi connectivity index (χ3v) is 7.00. The smallest absolute Gasteiger partial charge is 0.271 e. The molecule has 1 aliphatic heterocycles. The number of anilines is 1. The summed E-state index contributed by atoms with van der Waals surface area (Å²) in [5.74, 6) is -0.604. The molecular weight excluding hydrogens is 434 g/mol. The Hall–Kier alpha value is -2.69. The maximum absolute atomic E-state index is 13.0. The lowest BCUT2D eigenvalue weighted by molar-refractivity contribution is -0.384. The average molecular weight is 454 g/mol. The van der Waals surface area contributed by atoms with Crippen LogP contribution in [0.4, 0.5) is 11.4 Å². The molecule has 2 aromatic rings. The van der Waals surface area contributed by atoms with Crippen molar-refractivity contribution in [1.29, 1.82) is 0 Å². The number of non-ortho nitro benzene ring substituents is 1. The number of nitrogens with one attached hydrogen (secondary N) is 1. The van der Waals surface area contributed by atoms with E-state index in [9.17, 15) is 23.3 Å². The van der Waals surface area contributed by atoms with Gasteiger partial charge in [0.05, 0.1) is 27.9 Å². The van der Waals surface area contributed by atoms with E-state index in [2.05, 4.69) is 5.32 Å². The van der Waals surface area contributed by atoms with Crippen LogP contribution in [0.2, 0.25) is 5.02 Å². The lowest BCUT2D eigenvalue weighted by Gasteiger charge is -2.31. The first kappa shape index (κ1) is 22.0. The molecular formula is C19H20ClN3O6S. The summed E-state index contributed by atoms with van der Waals surface area (Å²) >= 11 is 6.06. The zero-order valence-corrected chi connectivity index (χ0v) is 17.6. The number of methoxy groups -OCH3 is 1. The molecule has 1 heterocycles. The molecule has 1 atom stereocenters. The highest BCUT2D eigenvalue weighted by atomic mass is 35.5. The molecule has 1 aliphatic rings. The average Bonchev–Trinajstić information content (AvgIpc) is 2.74. The summed E-state index contributed by atoms with van der Waals surface area (Å²) in [6.07, 6.45) is 1.02. The van der Waals surface area contributed by atoms with Crippen molar-refractivity contribution < 1.29 is 22.9 Å². The first-order valence-corrected chi connectivity index (χ1v) is 10.9. The number of nitrogens with zero attached hydrogens (tertiary/aromatic N) is 2. The predicted octanol–water partition coefficient (Wildman–Crippen LogP) is 3.30. The van der Waals surface area contributed by atoms with E-state index in [1.165, 1.54) is 47.8 Å². The van der Waals surface area contributed by atoms with Gasteiger partial charge in [0.15, 0.2) is 0 Å². The van der Waals surface area contributed by atoms with Crippen LogP contribution in [0.3, 0.4) is 0 Å². The normalized spacial score (nSPS) is 17.3. The molecule has 0 aromatic heterocycles. The largest absolute Gasteiger partial charge is 0.495 e. The second kappa shape index (κ2) is 8.99. The topological polar surface area (TPSA) is 119 Å². The first-order chi connectivity index (χ1) is 14.2. The van der Waals surface area contributed by atoms with Crippen LogP contribution in [0.15, 0.2) is 47.4 Å². The lowest BCUT2D eigenvalue weighted by atomic mass is 9.98. The number of rotatable bonds is 6. The van der Waals surface area contributed by atoms with Crippen molar-refractivity contribution in [2.24, 2.45) is 5.92 Å². The molecule has 3 rings (SSSR count). The molecule has 1 amide bonds. The summed E-state index contributed by atoms with van der Waals surface area (Å²) in [5, 5.41) is 13.7. The van der Waals surface area contributed by atoms with E-state index in [4.69, 9.17) is 16.3 Å². The minimum atomic E-state index is -3.84. The van der Waals surface area contributed by atoms with Gasteiger partial charge < -0.3 is 10.1 Å². The number of hydrogen-bond donors (Lipinski definition) is 1. The van der Waals surface area contributed by atoms with Gasteiger partial charge in [-0.25, -0.2) is 8.42 Å². The Morgan fingerprint density at radius 1 is 1.30 bits per heavy atom. The molecule has 11 heteroatoms. The maximum atomic E-state index is 13.0. The fourth-order valence-electron chi connectivity index (χ4n) is 3.27. The number of carbonyl (C=O) groups is 1. The minimum absolute atomic E-state index is 0.00669. The van der Waals surface area contributed by atoms with Crippen LogP contribution in [0, 0.1) is 16.0 Å². The van der Waals surface area contributed by atoms with Crippen LogP contribution >= 0.6 is 11.6 Å². The predicted molar refractivity (Wildman–Crippen MR) is 111 cm³/mol. The van der Waals surface area contributed by atoms with Crippen molar-refractivity contribution in [3.8, 4) is 5.75 Å². The Kier molecular flexibility index (Phi) is 6.59. The molecule has 0 saturated carbocycles. The van der Waals surface area contributed by atoms with Crippen LogP contribution in [0.1, 0.15) is 12.8 Å². The number of amides is 1. The second-order valence-corrected chi connectivity index (χ2v) is 9.14. The fraction of sp³-hybridized carbons (Fsp3) is 0.316. The van der Waals surface area contributed by atoms with Crippen LogP contribution in [-0.4, -0.2) is 43.8 Å². The highest BCUT2D eigenvalue weighted by Gasteiger charge is 2.33. The Labute approximate surface area is 178 Å². The zero-order chi connectivity index (χ0) is 21.9. The third-order valence-electron chi connectivity index (χ3n) is 4.84. The van der Waals surface area contributed by atoms with Crippen molar-refractivity contribution in [3.63, 3.8) is 0 Å². The van der Waals surface area contributed by atoms with Crippen LogP contribution in [0.5, 0.6) is 5.75 Å². The Morgan fingerprint density at radius 3 is 2.73 bits per heavy atom. The van der Waals surface area contributed by atoms with Crippen molar-refractivity contribution in [1.82, 2.24) is 4.31 Å². The number of nitro groups is 1. The molecule has 30 heavy (non-hydrogen) atoms. The van der Waals surface area contributed by atoms with Crippen LogP contribution in [-0.2, 0) is 14.8 Å². The summed E-state index contributed by atoms with van der Waals surface area (Å²) in [4.78, 5) is 23.0. The second-order valence-electron chi connectivity index (χ2n) is 6.80. The van der Waals surface area contributed by atoms with Crippen LogP contribution in [0.25, 0.3) is 0 Å². The summed E-state index contributed by atoms with van der Waals surface area (Å²) < 4.78 is 32.3. The van der Waals surface area contributed by atoms with Gasteiger partial charge in [-0.05, 0) is 37.1 Å². The highest BCUT2D eigenvalue weighted by Crippen LogP contribution is 2.30. The quantitative estimate of drug-likeness (QED) is 0.529. The molecule has 9 nitrogen and oxygen atoms in total. The summed E-state index contributed by atoms with van der Waals surface area (Å²) in [6.45, 7) is 0.291. The third kappa shape index (κ3) is 4.72. The van der Waals surface area contributed by atoms with Gasteiger partial charge in [0.25, 0.3) is 5.69 Å². The van der Waals surface area contributed by atoms with Crippen molar-refractivity contribution >= 4 is 38.9 Å². The van der Waals surface area contributed by atoms with E-state index >= 15 is 0 Å². The number of hydrogen-bond acceptors (Lipinski definition) is 6. The zero-order valence-electron chi connectivity index (χ0n) is 16.1. The number of carbonyl (C=O) groups excluding carboxylic acids is 1. The molecule has 1 fully saturated rings. The standard InChI is InChI=1S/C19H20ClN3O6S/c1-29-18-8-7-16(11-17(18)20)30(27,28)22-9-3-4-13(12-22)19(24)21-14-5-2-6-15(10-14)23(25)26/h2,5-8,10-11,13H,3-4,9,12H2,1H3,(H,21,24)/t13-/m0/s1. The SMILES string of the molecule is COc1ccc(S(=O)(=O)N2CCC[C@H](C(=O)Nc3cccc([N+](=O)[O-])c3)C2)cc1Cl. The highest BCUT2D eigenvalue weighted by molar-refractivity contribution is 7.89. The van der Waals surface area contributed by atoms with E-state index in [1.54, 1.807) is 6.07 Å². The summed E-state index contributed by atoms with van der Waals surface area (Å²) in [5.41, 5.74) is 0.146. The molecule has 160 valence electrons. The van der Waals surface area contributed by atoms with Crippen LogP contribution < -0.4 is 10.1 Å². The Balaban J connectivity index is 1.74. The number of piperidine rings is 1. The molecule has 0 bridgehead atoms. The van der Waals surface area contributed by atoms with Gasteiger partial charge in [0, 0.05) is 30.9 Å². The molecule has 0 unspecified atom stereocenters. The van der Waals surface area contributed by atoms with E-state index in [-0.39, 0.29) is 40.3 Å². The van der Waals surface area contributed by atoms with Gasteiger partial charge in [-0.1, -0.05) is 17.7 Å². The number of benzene rings is 2. The molecule has 1 saturated heterocycles. The van der Waals surface area contributed by atoms with Crippen molar-refractivity contribution in [3.05, 3.63) is 57.6 Å². The van der Waals surface area contributed by atoms with E-state index < -0.39 is 20.9 Å². The molecule has 2 aromatic carbocycles. The van der Waals surface area contributed by atoms with Crippen molar-refractivity contribution in [2.45, 2.75) is 17.7 Å². The minimum Gasteiger partial charge on any atom is -0.495 e. The van der Waals surface area contributed by atoms with Crippen molar-refractivity contribution in [2.75, 3.05) is 25.5 Å². The Bertz CT molecular complexity index is 1080. The lowest BCUT2D eigenvalue weighted by Crippen LogP contribution is -2.43. The fourth-order valence-corrected chi connectivity index (χ4v) is 5.15. The molecule has 0 radical (unpaired) electrons. The number of sulfonamides is 1. The van der Waals surface area contributed by atoms with Gasteiger partial charge in [-0.2, -0.15) is 4.31 Å².